The van der Waals surface area contributed by atoms with Gasteiger partial charge in [0.1, 0.15) is 0 Å². The summed E-state index contributed by atoms with van der Waals surface area (Å²) in [7, 11) is 0. The summed E-state index contributed by atoms with van der Waals surface area (Å²) in [6.45, 7) is 4.62. The van der Waals surface area contributed by atoms with Gasteiger partial charge in [-0.3, -0.25) is 9.59 Å². The third kappa shape index (κ3) is 3.08. The molecule has 0 aromatic heterocycles. The predicted molar refractivity (Wildman–Crippen MR) is 91.3 cm³/mol. The second kappa shape index (κ2) is 6.77. The first-order chi connectivity index (χ1) is 11.5. The van der Waals surface area contributed by atoms with Crippen LogP contribution in [0.15, 0.2) is 43.0 Å². The summed E-state index contributed by atoms with van der Waals surface area (Å²) >= 11 is 0. The van der Waals surface area contributed by atoms with E-state index in [1.165, 1.54) is 6.08 Å². The molecule has 1 aliphatic heterocycles. The van der Waals surface area contributed by atoms with Crippen molar-refractivity contribution in [3.63, 3.8) is 0 Å². The standard InChI is InChI=1S/C19H24N2O3/c1-2-17(23)21-10-8-19(9-11-21,14-6-4-3-5-7-14)18(24)20-15-12-16(22)13-15/h2-7,15-16,22H,1,8-13H2,(H,20,24). The van der Waals surface area contributed by atoms with Crippen molar-refractivity contribution >= 4 is 11.8 Å². The van der Waals surface area contributed by atoms with Gasteiger partial charge >= 0.3 is 0 Å². The van der Waals surface area contributed by atoms with Gasteiger partial charge in [0.05, 0.1) is 11.5 Å². The maximum Gasteiger partial charge on any atom is 0.245 e. The highest BCUT2D eigenvalue weighted by Gasteiger charge is 2.44. The summed E-state index contributed by atoms with van der Waals surface area (Å²) in [5, 5.41) is 12.5. The first-order valence-corrected chi connectivity index (χ1v) is 8.51. The van der Waals surface area contributed by atoms with E-state index in [4.69, 9.17) is 0 Å². The Balaban J connectivity index is 1.79. The highest BCUT2D eigenvalue weighted by Crippen LogP contribution is 2.36. The quantitative estimate of drug-likeness (QED) is 0.820. The van der Waals surface area contributed by atoms with Crippen molar-refractivity contribution in [1.82, 2.24) is 10.2 Å². The SMILES string of the molecule is C=CC(=O)N1CCC(C(=O)NC2CC(O)C2)(c2ccccc2)CC1. The Kier molecular flexibility index (Phi) is 4.71. The largest absolute Gasteiger partial charge is 0.393 e. The number of amides is 2. The maximum atomic E-state index is 13.1. The lowest BCUT2D eigenvalue weighted by Gasteiger charge is -2.43. The topological polar surface area (TPSA) is 69.6 Å². The molecule has 24 heavy (non-hydrogen) atoms. The van der Waals surface area contributed by atoms with Crippen molar-refractivity contribution in [3.05, 3.63) is 48.6 Å². The summed E-state index contributed by atoms with van der Waals surface area (Å²) in [5.41, 5.74) is 0.382. The third-order valence-electron chi connectivity index (χ3n) is 5.31. The molecule has 1 heterocycles. The number of piperidine rings is 1. The van der Waals surface area contributed by atoms with Crippen LogP contribution in [0.5, 0.6) is 0 Å². The molecule has 3 rings (SSSR count). The van der Waals surface area contributed by atoms with Crippen molar-refractivity contribution in [2.45, 2.75) is 43.2 Å². The van der Waals surface area contributed by atoms with Gasteiger partial charge in [-0.15, -0.1) is 0 Å². The summed E-state index contributed by atoms with van der Waals surface area (Å²) in [6.07, 6.45) is 3.46. The number of nitrogens with zero attached hydrogens (tertiary/aromatic N) is 1. The molecule has 0 unspecified atom stereocenters. The van der Waals surface area contributed by atoms with Gasteiger partial charge in [-0.25, -0.2) is 0 Å². The molecule has 0 radical (unpaired) electrons. The van der Waals surface area contributed by atoms with Gasteiger partial charge in [-0.05, 0) is 37.3 Å². The number of carbonyl (C=O) groups excluding carboxylic acids is 2. The van der Waals surface area contributed by atoms with Gasteiger partial charge in [-0.2, -0.15) is 0 Å². The summed E-state index contributed by atoms with van der Waals surface area (Å²) in [5.74, 6) is -0.0736. The van der Waals surface area contributed by atoms with E-state index in [0.717, 1.165) is 5.56 Å². The molecule has 1 saturated heterocycles. The van der Waals surface area contributed by atoms with Crippen LogP contribution in [-0.2, 0) is 15.0 Å². The highest BCUT2D eigenvalue weighted by molar-refractivity contribution is 5.90. The maximum absolute atomic E-state index is 13.1. The molecule has 128 valence electrons. The molecule has 5 heteroatoms. The minimum Gasteiger partial charge on any atom is -0.393 e. The molecule has 1 saturated carbocycles. The number of aliphatic hydroxyl groups excluding tert-OH is 1. The average molecular weight is 328 g/mol. The predicted octanol–water partition coefficient (Wildman–Crippen LogP) is 1.37. The van der Waals surface area contributed by atoms with Crippen LogP contribution >= 0.6 is 0 Å². The molecule has 1 aliphatic carbocycles. The number of hydrogen-bond acceptors (Lipinski definition) is 3. The molecule has 2 amide bonds. The zero-order chi connectivity index (χ0) is 17.2. The molecule has 2 N–H and O–H groups in total. The number of benzene rings is 1. The van der Waals surface area contributed by atoms with Gasteiger partial charge in [-0.1, -0.05) is 36.9 Å². The Morgan fingerprint density at radius 1 is 1.21 bits per heavy atom. The molecular weight excluding hydrogens is 304 g/mol. The lowest BCUT2D eigenvalue weighted by Crippen LogP contribution is -2.57. The Morgan fingerprint density at radius 2 is 1.83 bits per heavy atom. The van der Waals surface area contributed by atoms with E-state index in [-0.39, 0.29) is 24.0 Å². The van der Waals surface area contributed by atoms with Crippen LogP contribution in [0, 0.1) is 0 Å². The number of nitrogens with one attached hydrogen (secondary N) is 1. The van der Waals surface area contributed by atoms with Crippen LogP contribution in [0.25, 0.3) is 0 Å². The lowest BCUT2D eigenvalue weighted by molar-refractivity contribution is -0.135. The van der Waals surface area contributed by atoms with Crippen molar-refractivity contribution in [2.24, 2.45) is 0 Å². The van der Waals surface area contributed by atoms with E-state index in [2.05, 4.69) is 11.9 Å². The molecule has 1 aromatic rings. The van der Waals surface area contributed by atoms with E-state index in [1.54, 1.807) is 4.90 Å². The van der Waals surface area contributed by atoms with Gasteiger partial charge in [0, 0.05) is 19.1 Å². The van der Waals surface area contributed by atoms with Crippen LogP contribution < -0.4 is 5.32 Å². The molecule has 2 aliphatic rings. The zero-order valence-corrected chi connectivity index (χ0v) is 13.8. The first kappa shape index (κ1) is 16.7. The van der Waals surface area contributed by atoms with Crippen LogP contribution in [0.4, 0.5) is 0 Å². The Labute approximate surface area is 142 Å². The van der Waals surface area contributed by atoms with Crippen LogP contribution in [0.1, 0.15) is 31.2 Å². The van der Waals surface area contributed by atoms with E-state index < -0.39 is 5.41 Å². The van der Waals surface area contributed by atoms with E-state index in [9.17, 15) is 14.7 Å². The number of rotatable bonds is 4. The minimum absolute atomic E-state index is 0.0105. The summed E-state index contributed by atoms with van der Waals surface area (Å²) < 4.78 is 0. The second-order valence-corrected chi connectivity index (χ2v) is 6.77. The molecule has 5 nitrogen and oxygen atoms in total. The number of hydrogen-bond donors (Lipinski definition) is 2. The van der Waals surface area contributed by atoms with Crippen LogP contribution in [-0.4, -0.2) is 47.1 Å². The lowest BCUT2D eigenvalue weighted by atomic mass is 9.71. The fourth-order valence-corrected chi connectivity index (χ4v) is 3.67. The fourth-order valence-electron chi connectivity index (χ4n) is 3.67. The summed E-state index contributed by atoms with van der Waals surface area (Å²) in [4.78, 5) is 26.6. The normalized spacial score (nSPS) is 25.5. The average Bonchev–Trinajstić information content (AvgIpc) is 2.60. The van der Waals surface area contributed by atoms with E-state index in [0.29, 0.717) is 38.8 Å². The van der Waals surface area contributed by atoms with Crippen molar-refractivity contribution in [3.8, 4) is 0 Å². The Morgan fingerprint density at radius 3 is 2.38 bits per heavy atom. The number of likely N-dealkylation sites (tertiary alicyclic amines) is 1. The minimum atomic E-state index is -0.611. The van der Waals surface area contributed by atoms with Gasteiger partial charge in [0.25, 0.3) is 0 Å². The van der Waals surface area contributed by atoms with Crippen LogP contribution in [0.3, 0.4) is 0 Å². The number of carbonyl (C=O) groups is 2. The highest BCUT2D eigenvalue weighted by atomic mass is 16.3. The summed E-state index contributed by atoms with van der Waals surface area (Å²) in [6, 6.07) is 9.85. The van der Waals surface area contributed by atoms with Crippen LogP contribution in [0.2, 0.25) is 0 Å². The fraction of sp³-hybridized carbons (Fsp3) is 0.474. The zero-order valence-electron chi connectivity index (χ0n) is 13.8. The third-order valence-corrected chi connectivity index (χ3v) is 5.31. The van der Waals surface area contributed by atoms with E-state index >= 15 is 0 Å². The first-order valence-electron chi connectivity index (χ1n) is 8.51. The molecule has 0 atom stereocenters. The molecule has 2 fully saturated rings. The van der Waals surface area contributed by atoms with E-state index in [1.807, 2.05) is 30.3 Å². The molecule has 0 bridgehead atoms. The van der Waals surface area contributed by atoms with Crippen molar-refractivity contribution < 1.29 is 14.7 Å². The Bertz CT molecular complexity index is 615. The molecule has 1 aromatic carbocycles. The van der Waals surface area contributed by atoms with Crippen molar-refractivity contribution in [1.29, 1.82) is 0 Å². The van der Waals surface area contributed by atoms with Gasteiger partial charge < -0.3 is 15.3 Å². The Hall–Kier alpha value is -2.14. The second-order valence-electron chi connectivity index (χ2n) is 6.77. The van der Waals surface area contributed by atoms with Gasteiger partial charge in [0.2, 0.25) is 11.8 Å². The monoisotopic (exact) mass is 328 g/mol. The molecule has 0 spiro atoms. The molecular formula is C19H24N2O3. The number of aliphatic hydroxyl groups is 1. The smallest absolute Gasteiger partial charge is 0.245 e. The van der Waals surface area contributed by atoms with Gasteiger partial charge in [0.15, 0.2) is 0 Å². The van der Waals surface area contributed by atoms with Crippen molar-refractivity contribution in [2.75, 3.05) is 13.1 Å².